The van der Waals surface area contributed by atoms with E-state index in [0.29, 0.717) is 16.1 Å². The molecule has 0 fully saturated rings. The molecule has 0 saturated carbocycles. The summed E-state index contributed by atoms with van der Waals surface area (Å²) in [6.45, 7) is 0. The van der Waals surface area contributed by atoms with Gasteiger partial charge < -0.3 is 10.2 Å². The van der Waals surface area contributed by atoms with Crippen molar-refractivity contribution < 1.29 is 15.0 Å². The van der Waals surface area contributed by atoms with E-state index in [1.165, 1.54) is 18.3 Å². The van der Waals surface area contributed by atoms with Crippen LogP contribution >= 0.6 is 11.6 Å². The maximum atomic E-state index is 11.8. The standard InChI is InChI=1S/C14H11ClN2O3/c15-11-4-2-1-3-10(11)14(20)17-16-8-9-5-6-12(18)13(19)7-9/h1-8,18-19H,(H,17,20). The first-order chi connectivity index (χ1) is 9.58. The monoisotopic (exact) mass is 290 g/mol. The quantitative estimate of drug-likeness (QED) is 0.461. The highest BCUT2D eigenvalue weighted by Gasteiger charge is 2.07. The summed E-state index contributed by atoms with van der Waals surface area (Å²) in [5, 5.41) is 22.6. The summed E-state index contributed by atoms with van der Waals surface area (Å²) in [5.74, 6) is -0.913. The van der Waals surface area contributed by atoms with Crippen LogP contribution in [0.1, 0.15) is 15.9 Å². The van der Waals surface area contributed by atoms with Gasteiger partial charge in [-0.2, -0.15) is 5.10 Å². The van der Waals surface area contributed by atoms with Crippen LogP contribution in [-0.4, -0.2) is 22.3 Å². The molecule has 2 aromatic carbocycles. The number of nitrogens with zero attached hydrogens (tertiary/aromatic N) is 1. The maximum absolute atomic E-state index is 11.8. The molecule has 0 spiro atoms. The van der Waals surface area contributed by atoms with Gasteiger partial charge in [-0.3, -0.25) is 4.79 Å². The van der Waals surface area contributed by atoms with E-state index >= 15 is 0 Å². The molecule has 0 aliphatic rings. The molecule has 0 aliphatic carbocycles. The third kappa shape index (κ3) is 3.27. The van der Waals surface area contributed by atoms with Crippen LogP contribution in [0.25, 0.3) is 0 Å². The van der Waals surface area contributed by atoms with Crippen molar-refractivity contribution in [3.63, 3.8) is 0 Å². The predicted molar refractivity (Wildman–Crippen MR) is 76.3 cm³/mol. The molecule has 2 aromatic rings. The van der Waals surface area contributed by atoms with E-state index in [-0.39, 0.29) is 11.5 Å². The third-order valence-electron chi connectivity index (χ3n) is 2.50. The smallest absolute Gasteiger partial charge is 0.272 e. The number of hydrazone groups is 1. The van der Waals surface area contributed by atoms with Gasteiger partial charge >= 0.3 is 0 Å². The zero-order chi connectivity index (χ0) is 14.5. The van der Waals surface area contributed by atoms with Gasteiger partial charge in [0.1, 0.15) is 0 Å². The lowest BCUT2D eigenvalue weighted by atomic mass is 10.2. The molecule has 20 heavy (non-hydrogen) atoms. The molecule has 0 aromatic heterocycles. The Kier molecular flexibility index (Phi) is 4.22. The van der Waals surface area contributed by atoms with Crippen LogP contribution in [0, 0.1) is 0 Å². The summed E-state index contributed by atoms with van der Waals surface area (Å²) >= 11 is 5.88. The van der Waals surface area contributed by atoms with Crippen molar-refractivity contribution >= 4 is 23.7 Å². The molecule has 0 heterocycles. The lowest BCUT2D eigenvalue weighted by Gasteiger charge is -2.02. The Morgan fingerprint density at radius 2 is 1.90 bits per heavy atom. The number of carbonyl (C=O) groups excluding carboxylic acids is 1. The number of amides is 1. The Morgan fingerprint density at radius 3 is 2.60 bits per heavy atom. The Hall–Kier alpha value is -2.53. The van der Waals surface area contributed by atoms with E-state index < -0.39 is 5.91 Å². The summed E-state index contributed by atoms with van der Waals surface area (Å²) in [6, 6.07) is 10.8. The minimum absolute atomic E-state index is 0.220. The van der Waals surface area contributed by atoms with E-state index in [1.807, 2.05) is 0 Å². The summed E-state index contributed by atoms with van der Waals surface area (Å²) in [5.41, 5.74) is 3.17. The van der Waals surface area contributed by atoms with Crippen molar-refractivity contribution in [1.29, 1.82) is 0 Å². The van der Waals surface area contributed by atoms with E-state index in [2.05, 4.69) is 10.5 Å². The fourth-order valence-corrected chi connectivity index (χ4v) is 1.71. The molecule has 0 radical (unpaired) electrons. The van der Waals surface area contributed by atoms with Crippen LogP contribution in [0.15, 0.2) is 47.6 Å². The first kappa shape index (κ1) is 13.9. The van der Waals surface area contributed by atoms with Crippen LogP contribution in [0.5, 0.6) is 11.5 Å². The van der Waals surface area contributed by atoms with Crippen LogP contribution < -0.4 is 5.43 Å². The normalized spacial score (nSPS) is 10.7. The molecule has 0 saturated heterocycles. The number of hydrogen-bond donors (Lipinski definition) is 3. The van der Waals surface area contributed by atoms with Crippen LogP contribution in [0.2, 0.25) is 5.02 Å². The maximum Gasteiger partial charge on any atom is 0.272 e. The van der Waals surface area contributed by atoms with Gasteiger partial charge in [-0.1, -0.05) is 23.7 Å². The topological polar surface area (TPSA) is 81.9 Å². The molecule has 0 bridgehead atoms. The number of carbonyl (C=O) groups is 1. The van der Waals surface area contributed by atoms with Crippen molar-refractivity contribution in [2.45, 2.75) is 0 Å². The number of aromatic hydroxyl groups is 2. The first-order valence-corrected chi connectivity index (χ1v) is 6.05. The van der Waals surface area contributed by atoms with Crippen molar-refractivity contribution in [3.05, 3.63) is 58.6 Å². The van der Waals surface area contributed by atoms with Crippen LogP contribution in [0.3, 0.4) is 0 Å². The van der Waals surface area contributed by atoms with Gasteiger partial charge in [-0.25, -0.2) is 5.43 Å². The molecule has 2 rings (SSSR count). The summed E-state index contributed by atoms with van der Waals surface area (Å²) in [4.78, 5) is 11.8. The van der Waals surface area contributed by atoms with E-state index in [9.17, 15) is 9.90 Å². The minimum atomic E-state index is -0.435. The second-order valence-corrected chi connectivity index (χ2v) is 4.33. The average Bonchev–Trinajstić information content (AvgIpc) is 2.43. The number of halogens is 1. The lowest BCUT2D eigenvalue weighted by Crippen LogP contribution is -2.17. The van der Waals surface area contributed by atoms with Gasteiger partial charge in [0.15, 0.2) is 11.5 Å². The zero-order valence-electron chi connectivity index (χ0n) is 10.2. The molecule has 0 unspecified atom stereocenters. The Labute approximate surface area is 120 Å². The van der Waals surface area contributed by atoms with E-state index in [0.717, 1.165) is 0 Å². The van der Waals surface area contributed by atoms with E-state index in [1.54, 1.807) is 30.3 Å². The Morgan fingerprint density at radius 1 is 1.15 bits per heavy atom. The zero-order valence-corrected chi connectivity index (χ0v) is 11.0. The second kappa shape index (κ2) is 6.08. The second-order valence-electron chi connectivity index (χ2n) is 3.93. The number of phenolic OH excluding ortho intramolecular Hbond substituents is 2. The molecular weight excluding hydrogens is 280 g/mol. The molecular formula is C14H11ClN2O3. The van der Waals surface area contributed by atoms with E-state index in [4.69, 9.17) is 16.7 Å². The highest BCUT2D eigenvalue weighted by molar-refractivity contribution is 6.33. The summed E-state index contributed by atoms with van der Waals surface area (Å²) in [6.07, 6.45) is 1.34. The number of rotatable bonds is 3. The molecule has 1 amide bonds. The molecule has 6 heteroatoms. The van der Waals surface area contributed by atoms with Gasteiger partial charge in [-0.05, 0) is 35.9 Å². The fourth-order valence-electron chi connectivity index (χ4n) is 1.49. The SMILES string of the molecule is O=C(NN=Cc1ccc(O)c(O)c1)c1ccccc1Cl. The summed E-state index contributed by atoms with van der Waals surface area (Å²) in [7, 11) is 0. The van der Waals surface area contributed by atoms with Crippen LogP contribution in [0.4, 0.5) is 0 Å². The van der Waals surface area contributed by atoms with Gasteiger partial charge in [0, 0.05) is 0 Å². The highest BCUT2D eigenvalue weighted by atomic mass is 35.5. The van der Waals surface area contributed by atoms with Crippen molar-refractivity contribution in [3.8, 4) is 11.5 Å². The van der Waals surface area contributed by atoms with Crippen molar-refractivity contribution in [1.82, 2.24) is 5.43 Å². The average molecular weight is 291 g/mol. The van der Waals surface area contributed by atoms with Crippen molar-refractivity contribution in [2.75, 3.05) is 0 Å². The number of phenols is 2. The summed E-state index contributed by atoms with van der Waals surface area (Å²) < 4.78 is 0. The molecule has 0 aliphatic heterocycles. The van der Waals surface area contributed by atoms with Gasteiger partial charge in [0.05, 0.1) is 16.8 Å². The minimum Gasteiger partial charge on any atom is -0.504 e. The Balaban J connectivity index is 2.05. The van der Waals surface area contributed by atoms with Gasteiger partial charge in [0.2, 0.25) is 0 Å². The molecule has 0 atom stereocenters. The van der Waals surface area contributed by atoms with Gasteiger partial charge in [-0.15, -0.1) is 0 Å². The number of benzene rings is 2. The predicted octanol–water partition coefficient (Wildman–Crippen LogP) is 2.52. The molecule has 102 valence electrons. The molecule has 3 N–H and O–H groups in total. The third-order valence-corrected chi connectivity index (χ3v) is 2.83. The van der Waals surface area contributed by atoms with Gasteiger partial charge in [0.25, 0.3) is 5.91 Å². The van der Waals surface area contributed by atoms with Crippen molar-refractivity contribution in [2.24, 2.45) is 5.10 Å². The first-order valence-electron chi connectivity index (χ1n) is 5.68. The molecule has 5 nitrogen and oxygen atoms in total. The Bertz CT molecular complexity index is 671. The number of hydrogen-bond acceptors (Lipinski definition) is 4. The van der Waals surface area contributed by atoms with Crippen LogP contribution in [-0.2, 0) is 0 Å². The largest absolute Gasteiger partial charge is 0.504 e. The fraction of sp³-hybridized carbons (Fsp3) is 0. The highest BCUT2D eigenvalue weighted by Crippen LogP contribution is 2.23. The lowest BCUT2D eigenvalue weighted by molar-refractivity contribution is 0.0955. The number of nitrogens with one attached hydrogen (secondary N) is 1.